The summed E-state index contributed by atoms with van der Waals surface area (Å²) in [6, 6.07) is 19.3. The molecule has 7 atom stereocenters. The number of hydrogen-bond acceptors (Lipinski definition) is 9. The van der Waals surface area contributed by atoms with Crippen LogP contribution in [0.4, 0.5) is 5.82 Å². The highest BCUT2D eigenvalue weighted by molar-refractivity contribution is 7.45. The van der Waals surface area contributed by atoms with E-state index in [2.05, 4.69) is 27.1 Å². The van der Waals surface area contributed by atoms with E-state index >= 15 is 0 Å². The number of carbonyl (C=O) groups is 1. The SMILES string of the molecule is CC[C@H]1O[C@@H](n2cc(C)c(NC(=O)c3ccccc3)nc2=O)[C@@H](OCCOC)C1OP1O[C@@H](c2ccccc2)[C@H]2CCCN21. The molecule has 2 aromatic carbocycles. The number of hydrogen-bond donors (Lipinski definition) is 1. The molecule has 1 N–H and O–H groups in total. The van der Waals surface area contributed by atoms with Gasteiger partial charge in [-0.2, -0.15) is 4.98 Å². The molecule has 12 heteroatoms. The van der Waals surface area contributed by atoms with Crippen LogP contribution in [0, 0.1) is 6.92 Å². The number of carbonyl (C=O) groups excluding carboxylic acids is 1. The van der Waals surface area contributed by atoms with Gasteiger partial charge in [-0.25, -0.2) is 9.46 Å². The number of ether oxygens (including phenoxy) is 3. The van der Waals surface area contributed by atoms with Crippen LogP contribution in [0.5, 0.6) is 0 Å². The molecular formula is C32H39N4O7P. The Balaban J connectivity index is 1.25. The van der Waals surface area contributed by atoms with E-state index < -0.39 is 32.7 Å². The Morgan fingerprint density at radius 2 is 1.84 bits per heavy atom. The molecule has 0 saturated carbocycles. The van der Waals surface area contributed by atoms with Crippen molar-refractivity contribution in [2.45, 2.75) is 69.8 Å². The Labute approximate surface area is 258 Å². The summed E-state index contributed by atoms with van der Waals surface area (Å²) in [7, 11) is 0.228. The van der Waals surface area contributed by atoms with Crippen LogP contribution in [0.25, 0.3) is 0 Å². The smallest absolute Gasteiger partial charge is 0.351 e. The molecule has 6 rings (SSSR count). The van der Waals surface area contributed by atoms with Crippen LogP contribution in [0.3, 0.4) is 0 Å². The number of aromatic nitrogens is 2. The number of fused-ring (bicyclic) bond motifs is 1. The summed E-state index contributed by atoms with van der Waals surface area (Å²) in [6.45, 7) is 5.39. The summed E-state index contributed by atoms with van der Waals surface area (Å²) < 4.78 is 35.3. The fourth-order valence-electron chi connectivity index (χ4n) is 6.11. The highest BCUT2D eigenvalue weighted by atomic mass is 31.2. The molecule has 234 valence electrons. The molecule has 3 aliphatic rings. The molecule has 0 aliphatic carbocycles. The molecule has 0 bridgehead atoms. The first-order valence-corrected chi connectivity index (χ1v) is 16.3. The maximum absolute atomic E-state index is 13.4. The maximum atomic E-state index is 13.4. The minimum Gasteiger partial charge on any atom is -0.382 e. The first-order valence-electron chi connectivity index (χ1n) is 15.2. The largest absolute Gasteiger partial charge is 0.382 e. The second kappa shape index (κ2) is 14.0. The van der Waals surface area contributed by atoms with Gasteiger partial charge in [-0.15, -0.1) is 0 Å². The summed E-state index contributed by atoms with van der Waals surface area (Å²) in [6.07, 6.45) is 2.11. The lowest BCUT2D eigenvalue weighted by Gasteiger charge is -2.29. The molecule has 1 aromatic heterocycles. The average Bonchev–Trinajstić information content (AvgIpc) is 3.75. The van der Waals surface area contributed by atoms with Gasteiger partial charge >= 0.3 is 5.69 Å². The Morgan fingerprint density at radius 3 is 2.57 bits per heavy atom. The lowest BCUT2D eigenvalue weighted by Crippen LogP contribution is -2.40. The molecular weight excluding hydrogens is 583 g/mol. The first kappa shape index (κ1) is 31.0. The van der Waals surface area contributed by atoms with Crippen molar-refractivity contribution < 1.29 is 28.1 Å². The summed E-state index contributed by atoms with van der Waals surface area (Å²) >= 11 is 0. The van der Waals surface area contributed by atoms with Crippen LogP contribution in [0.2, 0.25) is 0 Å². The normalized spacial score (nSPS) is 28.3. The summed E-state index contributed by atoms with van der Waals surface area (Å²) in [5, 5.41) is 2.76. The quantitative estimate of drug-likeness (QED) is 0.233. The molecule has 3 saturated heterocycles. The Morgan fingerprint density at radius 1 is 1.09 bits per heavy atom. The van der Waals surface area contributed by atoms with E-state index in [1.165, 1.54) is 4.57 Å². The summed E-state index contributed by atoms with van der Waals surface area (Å²) in [5.41, 5.74) is 1.66. The third-order valence-electron chi connectivity index (χ3n) is 8.34. The van der Waals surface area contributed by atoms with Gasteiger partial charge in [0.15, 0.2) is 6.23 Å². The number of amides is 1. The number of anilines is 1. The Hall–Kier alpha value is -3.02. The lowest BCUT2D eigenvalue weighted by molar-refractivity contribution is -0.0782. The number of aryl methyl sites for hydroxylation is 1. The second-order valence-electron chi connectivity index (χ2n) is 11.2. The average molecular weight is 623 g/mol. The van der Waals surface area contributed by atoms with E-state index in [0.717, 1.165) is 24.9 Å². The first-order chi connectivity index (χ1) is 21.5. The minimum absolute atomic E-state index is 0.0658. The molecule has 0 spiro atoms. The van der Waals surface area contributed by atoms with Crippen LogP contribution < -0.4 is 11.0 Å². The third kappa shape index (κ3) is 6.37. The predicted molar refractivity (Wildman–Crippen MR) is 165 cm³/mol. The number of methoxy groups -OCH3 is 1. The van der Waals surface area contributed by atoms with E-state index in [4.69, 9.17) is 23.3 Å². The standard InChI is InChI=1S/C32H39N4O7P/c1-4-25-27(43-44-36-17-11-16-24(36)26(42-44)22-12-7-5-8-13-22)28(40-19-18-39-3)31(41-25)35-20-21(2)29(34-32(35)38)33-30(37)23-14-9-6-10-15-23/h5-10,12-15,20,24-28,31H,4,11,16-19H2,1-3H3,(H,33,34,37,38)/t24-,25-,26+,27?,28+,31-,44?/m1/s1. The molecule has 11 nitrogen and oxygen atoms in total. The van der Waals surface area contributed by atoms with Gasteiger partial charge in [0, 0.05) is 37.0 Å². The van der Waals surface area contributed by atoms with Crippen molar-refractivity contribution in [1.82, 2.24) is 14.2 Å². The third-order valence-corrected chi connectivity index (χ3v) is 10.1. The number of benzene rings is 2. The summed E-state index contributed by atoms with van der Waals surface area (Å²) in [4.78, 5) is 30.4. The zero-order valence-electron chi connectivity index (χ0n) is 25.2. The molecule has 3 fully saturated rings. The van der Waals surface area contributed by atoms with E-state index in [9.17, 15) is 9.59 Å². The monoisotopic (exact) mass is 622 g/mol. The Kier molecular flexibility index (Phi) is 9.83. The van der Waals surface area contributed by atoms with Gasteiger partial charge in [0.05, 0.1) is 19.3 Å². The van der Waals surface area contributed by atoms with Gasteiger partial charge in [-0.05, 0) is 43.9 Å². The molecule has 0 radical (unpaired) electrons. The van der Waals surface area contributed by atoms with Crippen molar-refractivity contribution >= 4 is 20.3 Å². The van der Waals surface area contributed by atoms with E-state index in [1.807, 2.05) is 31.2 Å². The zero-order chi connectivity index (χ0) is 30.6. The van der Waals surface area contributed by atoms with E-state index in [-0.39, 0.29) is 30.0 Å². The van der Waals surface area contributed by atoms with E-state index in [1.54, 1.807) is 44.5 Å². The van der Waals surface area contributed by atoms with Crippen molar-refractivity contribution in [2.75, 3.05) is 32.2 Å². The minimum atomic E-state index is -1.38. The van der Waals surface area contributed by atoms with E-state index in [0.29, 0.717) is 30.8 Å². The van der Waals surface area contributed by atoms with Crippen molar-refractivity contribution in [3.63, 3.8) is 0 Å². The van der Waals surface area contributed by atoms with Gasteiger partial charge in [0.2, 0.25) is 0 Å². The van der Waals surface area contributed by atoms with Crippen molar-refractivity contribution in [3.05, 3.63) is 94.0 Å². The molecule has 44 heavy (non-hydrogen) atoms. The van der Waals surface area contributed by atoms with Gasteiger partial charge in [0.25, 0.3) is 14.4 Å². The predicted octanol–water partition coefficient (Wildman–Crippen LogP) is 4.99. The number of nitrogens with zero attached hydrogens (tertiary/aromatic N) is 3. The molecule has 2 unspecified atom stereocenters. The highest BCUT2D eigenvalue weighted by Crippen LogP contribution is 2.61. The topological polar surface area (TPSA) is 113 Å². The number of nitrogens with one attached hydrogen (secondary N) is 1. The van der Waals surface area contributed by atoms with Crippen molar-refractivity contribution in [1.29, 1.82) is 0 Å². The fourth-order valence-corrected chi connectivity index (χ4v) is 8.10. The number of rotatable bonds is 11. The maximum Gasteiger partial charge on any atom is 0.351 e. The van der Waals surface area contributed by atoms with Crippen LogP contribution in [-0.4, -0.2) is 71.4 Å². The zero-order valence-corrected chi connectivity index (χ0v) is 26.1. The second-order valence-corrected chi connectivity index (χ2v) is 12.6. The summed E-state index contributed by atoms with van der Waals surface area (Å²) in [5.74, 6) is -0.145. The van der Waals surface area contributed by atoms with Crippen LogP contribution in [0.1, 0.15) is 60.0 Å². The lowest BCUT2D eigenvalue weighted by atomic mass is 10.0. The Bertz CT molecular complexity index is 1480. The van der Waals surface area contributed by atoms with Crippen LogP contribution in [-0.2, 0) is 23.3 Å². The van der Waals surface area contributed by atoms with Crippen LogP contribution >= 0.6 is 8.53 Å². The molecule has 4 heterocycles. The molecule has 3 aliphatic heterocycles. The van der Waals surface area contributed by atoms with Gasteiger partial charge in [-0.1, -0.05) is 55.5 Å². The fraction of sp³-hybridized carbons (Fsp3) is 0.469. The highest BCUT2D eigenvalue weighted by Gasteiger charge is 2.53. The van der Waals surface area contributed by atoms with Gasteiger partial charge < -0.3 is 28.6 Å². The molecule has 3 aromatic rings. The van der Waals surface area contributed by atoms with Crippen molar-refractivity contribution in [2.24, 2.45) is 0 Å². The van der Waals surface area contributed by atoms with Crippen LogP contribution in [0.15, 0.2) is 71.7 Å². The molecule has 1 amide bonds. The van der Waals surface area contributed by atoms with Gasteiger partial charge in [-0.3, -0.25) is 9.36 Å². The van der Waals surface area contributed by atoms with Gasteiger partial charge in [0.1, 0.15) is 24.1 Å². The van der Waals surface area contributed by atoms with Crippen molar-refractivity contribution in [3.8, 4) is 0 Å².